The highest BCUT2D eigenvalue weighted by atomic mass is 79.9. The predicted octanol–water partition coefficient (Wildman–Crippen LogP) is 4.64. The topological polar surface area (TPSA) is 20.2 Å². The van der Waals surface area contributed by atoms with Gasteiger partial charge in [-0.05, 0) is 54.2 Å². The molecule has 20 heavy (non-hydrogen) atoms. The molecule has 0 saturated carbocycles. The van der Waals surface area contributed by atoms with Gasteiger partial charge in [-0.1, -0.05) is 45.7 Å². The van der Waals surface area contributed by atoms with Crippen LogP contribution in [0.1, 0.15) is 11.1 Å². The second-order valence-electron chi connectivity index (χ2n) is 4.84. The Morgan fingerprint density at radius 1 is 1.10 bits per heavy atom. The summed E-state index contributed by atoms with van der Waals surface area (Å²) in [6.07, 6.45) is 1.44. The summed E-state index contributed by atoms with van der Waals surface area (Å²) in [5.41, 5.74) is 2.09. The van der Waals surface area contributed by atoms with Crippen LogP contribution in [-0.2, 0) is 12.8 Å². The fourth-order valence-electron chi connectivity index (χ4n) is 2.20. The predicted molar refractivity (Wildman–Crippen MR) is 83.5 cm³/mol. The van der Waals surface area contributed by atoms with Crippen molar-refractivity contribution in [1.82, 2.24) is 0 Å². The van der Waals surface area contributed by atoms with Crippen molar-refractivity contribution >= 4 is 27.5 Å². The van der Waals surface area contributed by atoms with E-state index in [0.29, 0.717) is 6.42 Å². The Balaban J connectivity index is 2.07. The van der Waals surface area contributed by atoms with Crippen molar-refractivity contribution in [3.63, 3.8) is 0 Å². The van der Waals surface area contributed by atoms with Gasteiger partial charge in [0.25, 0.3) is 0 Å². The van der Waals surface area contributed by atoms with Crippen molar-refractivity contribution in [1.29, 1.82) is 0 Å². The summed E-state index contributed by atoms with van der Waals surface area (Å²) in [6, 6.07) is 12.7. The first-order chi connectivity index (χ1) is 9.58. The quantitative estimate of drug-likeness (QED) is 0.827. The maximum absolute atomic E-state index is 13.1. The van der Waals surface area contributed by atoms with Crippen LogP contribution >= 0.6 is 27.5 Å². The van der Waals surface area contributed by atoms with Gasteiger partial charge in [-0.25, -0.2) is 4.39 Å². The minimum absolute atomic E-state index is 0.0848. The van der Waals surface area contributed by atoms with Crippen LogP contribution in [0.25, 0.3) is 0 Å². The molecule has 0 saturated heterocycles. The standard InChI is InChI=1S/C16H15BrClFO/c17-14-3-1-2-11(8-14)6-13(10-20)7-12-4-5-16(19)15(18)9-12/h1-5,8-9,13,20H,6-7,10H2. The summed E-state index contributed by atoms with van der Waals surface area (Å²) >= 11 is 9.21. The minimum Gasteiger partial charge on any atom is -0.396 e. The number of hydrogen-bond donors (Lipinski definition) is 1. The highest BCUT2D eigenvalue weighted by Crippen LogP contribution is 2.21. The lowest BCUT2D eigenvalue weighted by Gasteiger charge is -2.15. The van der Waals surface area contributed by atoms with Crippen LogP contribution in [0, 0.1) is 11.7 Å². The maximum Gasteiger partial charge on any atom is 0.141 e. The summed E-state index contributed by atoms with van der Waals surface area (Å²) in [4.78, 5) is 0. The van der Waals surface area contributed by atoms with Crippen molar-refractivity contribution in [3.8, 4) is 0 Å². The molecule has 1 N–H and O–H groups in total. The van der Waals surface area contributed by atoms with E-state index in [1.807, 2.05) is 24.3 Å². The van der Waals surface area contributed by atoms with E-state index in [4.69, 9.17) is 11.6 Å². The second kappa shape index (κ2) is 7.21. The molecule has 1 atom stereocenters. The molecule has 1 unspecified atom stereocenters. The van der Waals surface area contributed by atoms with Crippen molar-refractivity contribution in [2.75, 3.05) is 6.61 Å². The van der Waals surface area contributed by atoms with Crippen molar-refractivity contribution in [2.45, 2.75) is 12.8 Å². The van der Waals surface area contributed by atoms with Gasteiger partial charge >= 0.3 is 0 Å². The van der Waals surface area contributed by atoms with Gasteiger partial charge < -0.3 is 5.11 Å². The molecule has 106 valence electrons. The van der Waals surface area contributed by atoms with E-state index in [0.717, 1.165) is 22.0 Å². The first-order valence-electron chi connectivity index (χ1n) is 6.37. The third-order valence-electron chi connectivity index (χ3n) is 3.18. The number of rotatable bonds is 5. The molecule has 0 spiro atoms. The first kappa shape index (κ1) is 15.5. The van der Waals surface area contributed by atoms with Gasteiger partial charge in [0.15, 0.2) is 0 Å². The summed E-state index contributed by atoms with van der Waals surface area (Å²) in [5.74, 6) is -0.325. The molecule has 4 heteroatoms. The zero-order chi connectivity index (χ0) is 14.5. The van der Waals surface area contributed by atoms with Gasteiger partial charge in [0, 0.05) is 11.1 Å². The van der Waals surface area contributed by atoms with E-state index in [2.05, 4.69) is 15.9 Å². The van der Waals surface area contributed by atoms with E-state index in [1.165, 1.54) is 6.07 Å². The molecule has 0 aliphatic carbocycles. The molecule has 0 aliphatic rings. The summed E-state index contributed by atoms with van der Waals surface area (Å²) in [7, 11) is 0. The highest BCUT2D eigenvalue weighted by molar-refractivity contribution is 9.10. The fraction of sp³-hybridized carbons (Fsp3) is 0.250. The third kappa shape index (κ3) is 4.30. The fourth-order valence-corrected chi connectivity index (χ4v) is 2.85. The third-order valence-corrected chi connectivity index (χ3v) is 3.96. The minimum atomic E-state index is -0.414. The van der Waals surface area contributed by atoms with Gasteiger partial charge in [-0.2, -0.15) is 0 Å². The van der Waals surface area contributed by atoms with E-state index in [-0.39, 0.29) is 17.5 Å². The Morgan fingerprint density at radius 3 is 2.40 bits per heavy atom. The molecular weight excluding hydrogens is 343 g/mol. The molecular formula is C16H15BrClFO. The highest BCUT2D eigenvalue weighted by Gasteiger charge is 2.11. The molecule has 1 nitrogen and oxygen atoms in total. The van der Waals surface area contributed by atoms with E-state index in [9.17, 15) is 9.50 Å². The van der Waals surface area contributed by atoms with Crippen molar-refractivity contribution in [3.05, 3.63) is 68.9 Å². The SMILES string of the molecule is OCC(Cc1cccc(Br)c1)Cc1ccc(F)c(Cl)c1. The van der Waals surface area contributed by atoms with Crippen LogP contribution in [0.15, 0.2) is 46.9 Å². The first-order valence-corrected chi connectivity index (χ1v) is 7.55. The molecule has 0 fully saturated rings. The summed E-state index contributed by atoms with van der Waals surface area (Å²) < 4.78 is 14.1. The molecule has 0 amide bonds. The van der Waals surface area contributed by atoms with Crippen LogP contribution < -0.4 is 0 Å². The monoisotopic (exact) mass is 356 g/mol. The Morgan fingerprint density at radius 2 is 1.80 bits per heavy atom. The van der Waals surface area contributed by atoms with Gasteiger partial charge in [-0.3, -0.25) is 0 Å². The van der Waals surface area contributed by atoms with Crippen LogP contribution in [-0.4, -0.2) is 11.7 Å². The molecule has 0 aromatic heterocycles. The van der Waals surface area contributed by atoms with E-state index < -0.39 is 5.82 Å². The number of halogens is 3. The molecule has 0 radical (unpaired) electrons. The number of hydrogen-bond acceptors (Lipinski definition) is 1. The molecule has 2 rings (SSSR count). The van der Waals surface area contributed by atoms with Gasteiger partial charge in [0.2, 0.25) is 0 Å². The van der Waals surface area contributed by atoms with Gasteiger partial charge in [0.1, 0.15) is 5.82 Å². The van der Waals surface area contributed by atoms with Gasteiger partial charge in [0.05, 0.1) is 5.02 Å². The molecule has 2 aromatic carbocycles. The zero-order valence-electron chi connectivity index (χ0n) is 10.8. The number of aliphatic hydroxyl groups excluding tert-OH is 1. The number of benzene rings is 2. The Hall–Kier alpha value is -0.900. The Kier molecular flexibility index (Phi) is 5.58. The van der Waals surface area contributed by atoms with Crippen LogP contribution in [0.5, 0.6) is 0 Å². The van der Waals surface area contributed by atoms with Crippen molar-refractivity contribution in [2.24, 2.45) is 5.92 Å². The normalized spacial score (nSPS) is 12.4. The summed E-state index contributed by atoms with van der Waals surface area (Å²) in [5, 5.41) is 9.65. The lowest BCUT2D eigenvalue weighted by molar-refractivity contribution is 0.225. The second-order valence-corrected chi connectivity index (χ2v) is 6.16. The van der Waals surface area contributed by atoms with Crippen LogP contribution in [0.2, 0.25) is 5.02 Å². The average molecular weight is 358 g/mol. The van der Waals surface area contributed by atoms with Crippen LogP contribution in [0.3, 0.4) is 0 Å². The van der Waals surface area contributed by atoms with Crippen molar-refractivity contribution < 1.29 is 9.50 Å². The maximum atomic E-state index is 13.1. The Bertz CT molecular complexity index is 588. The van der Waals surface area contributed by atoms with Crippen LogP contribution in [0.4, 0.5) is 4.39 Å². The molecule has 0 aliphatic heterocycles. The molecule has 0 heterocycles. The lowest BCUT2D eigenvalue weighted by Crippen LogP contribution is -2.13. The zero-order valence-corrected chi connectivity index (χ0v) is 13.2. The summed E-state index contributed by atoms with van der Waals surface area (Å²) in [6.45, 7) is 0.0848. The lowest BCUT2D eigenvalue weighted by atomic mass is 9.93. The average Bonchev–Trinajstić information content (AvgIpc) is 2.42. The smallest absolute Gasteiger partial charge is 0.141 e. The van der Waals surface area contributed by atoms with Gasteiger partial charge in [-0.15, -0.1) is 0 Å². The Labute approximate surface area is 131 Å². The number of aliphatic hydroxyl groups is 1. The molecule has 2 aromatic rings. The van der Waals surface area contributed by atoms with E-state index >= 15 is 0 Å². The van der Waals surface area contributed by atoms with E-state index in [1.54, 1.807) is 12.1 Å². The largest absolute Gasteiger partial charge is 0.396 e. The molecule has 0 bridgehead atoms.